The standard InChI is InChI=1S/C8H18N2O2S/c1-2-3-4-5-13(12)6-7(9)8(10)11/h7H,2-6,9H2,1H3,(H2,10,11). The average molecular weight is 206 g/mol. The molecule has 0 heterocycles. The lowest BCUT2D eigenvalue weighted by Crippen LogP contribution is -2.41. The predicted molar refractivity (Wildman–Crippen MR) is 54.6 cm³/mol. The molecule has 1 amide bonds. The molecule has 0 fully saturated rings. The lowest BCUT2D eigenvalue weighted by atomic mass is 10.3. The Hall–Kier alpha value is -0.420. The van der Waals surface area contributed by atoms with Gasteiger partial charge in [-0.15, -0.1) is 0 Å². The third-order valence-electron chi connectivity index (χ3n) is 1.71. The molecule has 0 rings (SSSR count). The molecule has 0 aliphatic carbocycles. The third kappa shape index (κ3) is 6.72. The Bertz CT molecular complexity index is 185. The molecule has 0 aliphatic rings. The molecule has 0 aliphatic heterocycles. The molecule has 5 heteroatoms. The first-order chi connectivity index (χ1) is 6.07. The van der Waals surface area contributed by atoms with Crippen molar-refractivity contribution in [2.24, 2.45) is 11.5 Å². The highest BCUT2D eigenvalue weighted by molar-refractivity contribution is 7.85. The van der Waals surface area contributed by atoms with Crippen LogP contribution >= 0.6 is 0 Å². The van der Waals surface area contributed by atoms with Gasteiger partial charge in [0.1, 0.15) is 0 Å². The van der Waals surface area contributed by atoms with Crippen LogP contribution in [0.25, 0.3) is 0 Å². The topological polar surface area (TPSA) is 86.2 Å². The molecule has 78 valence electrons. The summed E-state index contributed by atoms with van der Waals surface area (Å²) in [5.41, 5.74) is 10.3. The molecule has 2 unspecified atom stereocenters. The number of hydrogen-bond acceptors (Lipinski definition) is 3. The number of unbranched alkanes of at least 4 members (excludes halogenated alkanes) is 2. The largest absolute Gasteiger partial charge is 0.368 e. The summed E-state index contributed by atoms with van der Waals surface area (Å²) >= 11 is 0. The number of amides is 1. The number of hydrogen-bond donors (Lipinski definition) is 2. The van der Waals surface area contributed by atoms with E-state index in [1.165, 1.54) is 0 Å². The van der Waals surface area contributed by atoms with E-state index in [1.54, 1.807) is 0 Å². The zero-order valence-corrected chi connectivity index (χ0v) is 8.81. The van der Waals surface area contributed by atoms with Gasteiger partial charge in [-0.25, -0.2) is 0 Å². The van der Waals surface area contributed by atoms with Crippen molar-refractivity contribution in [3.63, 3.8) is 0 Å². The Morgan fingerprint density at radius 1 is 1.46 bits per heavy atom. The molecule has 0 radical (unpaired) electrons. The lowest BCUT2D eigenvalue weighted by molar-refractivity contribution is -0.118. The second-order valence-electron chi connectivity index (χ2n) is 3.03. The average Bonchev–Trinajstić information content (AvgIpc) is 2.04. The molecule has 2 atom stereocenters. The van der Waals surface area contributed by atoms with Crippen molar-refractivity contribution in [2.45, 2.75) is 32.2 Å². The summed E-state index contributed by atoms with van der Waals surface area (Å²) < 4.78 is 11.3. The van der Waals surface area contributed by atoms with E-state index in [1.807, 2.05) is 0 Å². The minimum Gasteiger partial charge on any atom is -0.368 e. The fourth-order valence-electron chi connectivity index (χ4n) is 0.879. The molecule has 0 saturated heterocycles. The van der Waals surface area contributed by atoms with Crippen molar-refractivity contribution >= 4 is 16.7 Å². The van der Waals surface area contributed by atoms with Crippen LogP contribution in [0.3, 0.4) is 0 Å². The fraction of sp³-hybridized carbons (Fsp3) is 0.875. The summed E-state index contributed by atoms with van der Waals surface area (Å²) in [5.74, 6) is 0.234. The van der Waals surface area contributed by atoms with Gasteiger partial charge in [-0.05, 0) is 6.42 Å². The van der Waals surface area contributed by atoms with E-state index < -0.39 is 22.7 Å². The van der Waals surface area contributed by atoms with E-state index in [-0.39, 0.29) is 5.75 Å². The molecule has 0 aromatic rings. The van der Waals surface area contributed by atoms with Crippen molar-refractivity contribution in [1.82, 2.24) is 0 Å². The van der Waals surface area contributed by atoms with Crippen LogP contribution in [0.5, 0.6) is 0 Å². The SMILES string of the molecule is CCCCCS(=O)CC(N)C(N)=O. The van der Waals surface area contributed by atoms with Gasteiger partial charge < -0.3 is 11.5 Å². The lowest BCUT2D eigenvalue weighted by Gasteiger charge is -2.06. The van der Waals surface area contributed by atoms with Gasteiger partial charge in [0.15, 0.2) is 0 Å². The second kappa shape index (κ2) is 7.03. The molecule has 13 heavy (non-hydrogen) atoms. The van der Waals surface area contributed by atoms with Crippen molar-refractivity contribution in [3.05, 3.63) is 0 Å². The minimum atomic E-state index is -0.998. The monoisotopic (exact) mass is 206 g/mol. The van der Waals surface area contributed by atoms with E-state index in [2.05, 4.69) is 6.92 Å². The first-order valence-corrected chi connectivity index (χ1v) is 5.96. The molecule has 0 aromatic carbocycles. The second-order valence-corrected chi connectivity index (χ2v) is 4.65. The molecule has 4 N–H and O–H groups in total. The van der Waals surface area contributed by atoms with Gasteiger partial charge in [-0.1, -0.05) is 19.8 Å². The maximum atomic E-state index is 11.3. The van der Waals surface area contributed by atoms with Gasteiger partial charge in [0, 0.05) is 22.3 Å². The van der Waals surface area contributed by atoms with Gasteiger partial charge in [0.25, 0.3) is 0 Å². The van der Waals surface area contributed by atoms with Crippen LogP contribution in [-0.2, 0) is 15.6 Å². The van der Waals surface area contributed by atoms with Gasteiger partial charge in [0.2, 0.25) is 5.91 Å². The summed E-state index contributed by atoms with van der Waals surface area (Å²) in [6.07, 6.45) is 3.09. The van der Waals surface area contributed by atoms with Gasteiger partial charge in [-0.2, -0.15) is 0 Å². The Morgan fingerprint density at radius 2 is 2.08 bits per heavy atom. The Kier molecular flexibility index (Phi) is 6.80. The number of rotatable bonds is 7. The van der Waals surface area contributed by atoms with Crippen LogP contribution in [0.4, 0.5) is 0 Å². The van der Waals surface area contributed by atoms with Crippen LogP contribution in [-0.4, -0.2) is 27.7 Å². The maximum Gasteiger partial charge on any atom is 0.235 e. The molecule has 0 bridgehead atoms. The summed E-state index contributed by atoms with van der Waals surface area (Å²) in [5, 5.41) is 0. The van der Waals surface area contributed by atoms with Crippen molar-refractivity contribution < 1.29 is 9.00 Å². The first kappa shape index (κ1) is 12.6. The Morgan fingerprint density at radius 3 is 2.54 bits per heavy atom. The van der Waals surface area contributed by atoms with Crippen LogP contribution in [0, 0.1) is 0 Å². The van der Waals surface area contributed by atoms with Gasteiger partial charge in [0.05, 0.1) is 6.04 Å². The van der Waals surface area contributed by atoms with Crippen molar-refractivity contribution in [2.75, 3.05) is 11.5 Å². The molecule has 0 aromatic heterocycles. The molecule has 0 saturated carbocycles. The number of primary amides is 1. The Balaban J connectivity index is 3.56. The molecule has 4 nitrogen and oxygen atoms in total. The van der Waals surface area contributed by atoms with E-state index >= 15 is 0 Å². The smallest absolute Gasteiger partial charge is 0.235 e. The molecule has 0 spiro atoms. The van der Waals surface area contributed by atoms with Crippen LogP contribution in [0.1, 0.15) is 26.2 Å². The Labute approximate surface area is 81.5 Å². The number of carbonyl (C=O) groups is 1. The fourth-order valence-corrected chi connectivity index (χ4v) is 2.14. The molecular weight excluding hydrogens is 188 g/mol. The highest BCUT2D eigenvalue weighted by atomic mass is 32.2. The quantitative estimate of drug-likeness (QED) is 0.563. The highest BCUT2D eigenvalue weighted by Gasteiger charge is 2.12. The van der Waals surface area contributed by atoms with Crippen LogP contribution in [0.15, 0.2) is 0 Å². The summed E-state index contributed by atoms with van der Waals surface area (Å²) in [4.78, 5) is 10.5. The van der Waals surface area contributed by atoms with Crippen molar-refractivity contribution in [1.29, 1.82) is 0 Å². The first-order valence-electron chi connectivity index (χ1n) is 4.47. The van der Waals surface area contributed by atoms with Crippen LogP contribution < -0.4 is 11.5 Å². The van der Waals surface area contributed by atoms with E-state index in [4.69, 9.17) is 11.5 Å². The molecular formula is C8H18N2O2S. The zero-order chi connectivity index (χ0) is 10.3. The van der Waals surface area contributed by atoms with E-state index in [0.717, 1.165) is 19.3 Å². The van der Waals surface area contributed by atoms with E-state index in [0.29, 0.717) is 5.75 Å². The van der Waals surface area contributed by atoms with Gasteiger partial charge in [-0.3, -0.25) is 9.00 Å². The summed E-state index contributed by atoms with van der Waals surface area (Å²) in [6, 6.07) is -0.762. The summed E-state index contributed by atoms with van der Waals surface area (Å²) in [6.45, 7) is 2.08. The van der Waals surface area contributed by atoms with Crippen molar-refractivity contribution in [3.8, 4) is 0 Å². The highest BCUT2D eigenvalue weighted by Crippen LogP contribution is 1.97. The third-order valence-corrected chi connectivity index (χ3v) is 3.18. The van der Waals surface area contributed by atoms with Gasteiger partial charge >= 0.3 is 0 Å². The van der Waals surface area contributed by atoms with E-state index in [9.17, 15) is 9.00 Å². The zero-order valence-electron chi connectivity index (χ0n) is 7.99. The number of carbonyl (C=O) groups excluding carboxylic acids is 1. The number of nitrogens with two attached hydrogens (primary N) is 2. The predicted octanol–water partition coefficient (Wildman–Crippen LogP) is -0.262. The minimum absolute atomic E-state index is 0.193. The van der Waals surface area contributed by atoms with Crippen LogP contribution in [0.2, 0.25) is 0 Å². The maximum absolute atomic E-state index is 11.3. The summed E-state index contributed by atoms with van der Waals surface area (Å²) in [7, 11) is -0.998. The normalized spacial score (nSPS) is 15.2.